The molecule has 1 N–H and O–H groups in total. The van der Waals surface area contributed by atoms with E-state index in [4.69, 9.17) is 5.11 Å². The van der Waals surface area contributed by atoms with Crippen LogP contribution in [0.3, 0.4) is 0 Å². The van der Waals surface area contributed by atoms with E-state index in [2.05, 4.69) is 15.2 Å². The Morgan fingerprint density at radius 1 is 1.13 bits per heavy atom. The molecule has 2 aromatic rings. The number of hydrogen-bond donors (Lipinski definition) is 1. The lowest BCUT2D eigenvalue weighted by Crippen LogP contribution is -2.50. The molecule has 2 heterocycles. The molecule has 1 aromatic carbocycles. The maximum absolute atomic E-state index is 12.3. The van der Waals surface area contributed by atoms with Gasteiger partial charge in [0.05, 0.1) is 12.8 Å². The van der Waals surface area contributed by atoms with E-state index in [-0.39, 0.29) is 19.1 Å². The second kappa shape index (κ2) is 7.34. The van der Waals surface area contributed by atoms with E-state index < -0.39 is 0 Å². The molecule has 1 amide bonds. The highest BCUT2D eigenvalue weighted by molar-refractivity contribution is 5.76. The topological polar surface area (TPSA) is 74.5 Å². The van der Waals surface area contributed by atoms with Crippen molar-refractivity contribution in [1.82, 2.24) is 24.8 Å². The normalized spacial score (nSPS) is 15.8. The van der Waals surface area contributed by atoms with Crippen molar-refractivity contribution < 1.29 is 9.90 Å². The van der Waals surface area contributed by atoms with Gasteiger partial charge < -0.3 is 10.0 Å². The molecule has 3 rings (SSSR count). The van der Waals surface area contributed by atoms with E-state index in [0.717, 1.165) is 24.3 Å². The lowest BCUT2D eigenvalue weighted by molar-refractivity contribution is -0.133. The minimum Gasteiger partial charge on any atom is -0.395 e. The number of β-amino-alcohol motifs (C(OH)–C–C–N with tert-alkyl or cyclic N) is 1. The quantitative estimate of drug-likeness (QED) is 0.846. The highest BCUT2D eigenvalue weighted by Crippen LogP contribution is 2.14. The number of aliphatic hydroxyl groups is 1. The molecule has 7 nitrogen and oxygen atoms in total. The summed E-state index contributed by atoms with van der Waals surface area (Å²) < 4.78 is 1.59. The largest absolute Gasteiger partial charge is 0.395 e. The van der Waals surface area contributed by atoms with Crippen LogP contribution < -0.4 is 0 Å². The molecule has 1 aliphatic heterocycles. The van der Waals surface area contributed by atoms with Gasteiger partial charge in [-0.15, -0.1) is 5.10 Å². The summed E-state index contributed by atoms with van der Waals surface area (Å²) in [6, 6.07) is 9.79. The monoisotopic (exact) mass is 315 g/mol. The summed E-state index contributed by atoms with van der Waals surface area (Å²) in [5.41, 5.74) is 1.76. The van der Waals surface area contributed by atoms with Gasteiger partial charge in [0, 0.05) is 38.3 Å². The lowest BCUT2D eigenvalue weighted by atomic mass is 10.2. The summed E-state index contributed by atoms with van der Waals surface area (Å²) in [6.45, 7) is 4.04. The van der Waals surface area contributed by atoms with Crippen molar-refractivity contribution in [2.75, 3.05) is 39.3 Å². The minimum absolute atomic E-state index is 0.0539. The number of hydrogen-bond acceptors (Lipinski definition) is 5. The van der Waals surface area contributed by atoms with Crippen molar-refractivity contribution in [1.29, 1.82) is 0 Å². The predicted octanol–water partition coefficient (Wildman–Crippen LogP) is 0.0816. The molecule has 122 valence electrons. The Balaban J connectivity index is 1.56. The van der Waals surface area contributed by atoms with E-state index >= 15 is 0 Å². The third kappa shape index (κ3) is 3.94. The van der Waals surface area contributed by atoms with Crippen molar-refractivity contribution in [3.05, 3.63) is 36.5 Å². The number of aromatic nitrogens is 3. The van der Waals surface area contributed by atoms with Gasteiger partial charge in [-0.2, -0.15) is 0 Å². The molecule has 0 spiro atoms. The van der Waals surface area contributed by atoms with Crippen LogP contribution in [0, 0.1) is 0 Å². The molecule has 1 aliphatic rings. The molecule has 0 radical (unpaired) electrons. The van der Waals surface area contributed by atoms with Crippen LogP contribution >= 0.6 is 0 Å². The van der Waals surface area contributed by atoms with Crippen LogP contribution in [0.1, 0.15) is 0 Å². The number of nitrogens with zero attached hydrogens (tertiary/aromatic N) is 5. The first-order chi connectivity index (χ1) is 11.3. The third-order valence-electron chi connectivity index (χ3n) is 4.05. The third-order valence-corrected chi connectivity index (χ3v) is 4.05. The van der Waals surface area contributed by atoms with Gasteiger partial charge in [-0.3, -0.25) is 9.69 Å². The van der Waals surface area contributed by atoms with Crippen molar-refractivity contribution >= 4 is 5.91 Å². The molecule has 1 fully saturated rings. The van der Waals surface area contributed by atoms with Crippen LogP contribution in [0.15, 0.2) is 36.5 Å². The van der Waals surface area contributed by atoms with E-state index in [1.54, 1.807) is 10.9 Å². The average Bonchev–Trinajstić information content (AvgIpc) is 3.05. The Morgan fingerprint density at radius 3 is 2.57 bits per heavy atom. The van der Waals surface area contributed by atoms with Crippen LogP contribution in [-0.4, -0.2) is 75.1 Å². The van der Waals surface area contributed by atoms with Crippen molar-refractivity contribution in [3.8, 4) is 11.3 Å². The van der Waals surface area contributed by atoms with Gasteiger partial charge in [0.15, 0.2) is 0 Å². The molecule has 7 heteroatoms. The summed E-state index contributed by atoms with van der Waals surface area (Å²) in [4.78, 5) is 16.4. The fraction of sp³-hybridized carbons (Fsp3) is 0.438. The summed E-state index contributed by atoms with van der Waals surface area (Å²) >= 11 is 0. The number of aliphatic hydroxyl groups excluding tert-OH is 1. The van der Waals surface area contributed by atoms with Crippen LogP contribution in [0.4, 0.5) is 0 Å². The Kier molecular flexibility index (Phi) is 4.99. The number of amides is 1. The summed E-state index contributed by atoms with van der Waals surface area (Å²) in [6.07, 6.45) is 1.80. The molecule has 1 saturated heterocycles. The number of rotatable bonds is 5. The highest BCUT2D eigenvalue weighted by atomic mass is 16.3. The number of piperazine rings is 1. The zero-order valence-electron chi connectivity index (χ0n) is 13.0. The predicted molar refractivity (Wildman–Crippen MR) is 85.6 cm³/mol. The Labute approximate surface area is 135 Å². The Bertz CT molecular complexity index is 635. The smallest absolute Gasteiger partial charge is 0.244 e. The number of carbonyl (C=O) groups excluding carboxylic acids is 1. The first-order valence-electron chi connectivity index (χ1n) is 7.83. The first-order valence-corrected chi connectivity index (χ1v) is 7.83. The molecular weight excluding hydrogens is 294 g/mol. The summed E-state index contributed by atoms with van der Waals surface area (Å²) in [5, 5.41) is 17.1. The van der Waals surface area contributed by atoms with Crippen molar-refractivity contribution in [2.24, 2.45) is 0 Å². The van der Waals surface area contributed by atoms with Crippen LogP contribution in [-0.2, 0) is 11.3 Å². The standard InChI is InChI=1S/C16H21N5O2/c22-11-10-19-6-8-20(9-7-19)16(23)13-21-12-15(17-18-21)14-4-2-1-3-5-14/h1-5,12,22H,6-11,13H2. The van der Waals surface area contributed by atoms with Crippen LogP contribution in [0.2, 0.25) is 0 Å². The lowest BCUT2D eigenvalue weighted by Gasteiger charge is -2.34. The number of benzene rings is 1. The van der Waals surface area contributed by atoms with Crippen LogP contribution in [0.5, 0.6) is 0 Å². The zero-order chi connectivity index (χ0) is 16.1. The molecular formula is C16H21N5O2. The molecule has 0 saturated carbocycles. The summed E-state index contributed by atoms with van der Waals surface area (Å²) in [7, 11) is 0. The Hall–Kier alpha value is -2.25. The van der Waals surface area contributed by atoms with Gasteiger partial charge in [-0.25, -0.2) is 4.68 Å². The number of carbonyl (C=O) groups is 1. The van der Waals surface area contributed by atoms with Gasteiger partial charge in [-0.05, 0) is 0 Å². The molecule has 0 atom stereocenters. The van der Waals surface area contributed by atoms with Gasteiger partial charge in [0.25, 0.3) is 0 Å². The maximum Gasteiger partial charge on any atom is 0.244 e. The zero-order valence-corrected chi connectivity index (χ0v) is 13.0. The molecule has 0 aliphatic carbocycles. The maximum atomic E-state index is 12.3. The fourth-order valence-electron chi connectivity index (χ4n) is 2.72. The molecule has 0 bridgehead atoms. The summed E-state index contributed by atoms with van der Waals surface area (Å²) in [5.74, 6) is 0.0539. The van der Waals surface area contributed by atoms with Gasteiger partial charge in [-0.1, -0.05) is 35.5 Å². The van der Waals surface area contributed by atoms with Crippen molar-refractivity contribution in [2.45, 2.75) is 6.54 Å². The van der Waals surface area contributed by atoms with E-state index in [0.29, 0.717) is 19.6 Å². The van der Waals surface area contributed by atoms with E-state index in [1.165, 1.54) is 0 Å². The SMILES string of the molecule is O=C(Cn1cc(-c2ccccc2)nn1)N1CCN(CCO)CC1. The van der Waals surface area contributed by atoms with Crippen molar-refractivity contribution in [3.63, 3.8) is 0 Å². The first kappa shape index (κ1) is 15.6. The molecule has 23 heavy (non-hydrogen) atoms. The molecule has 1 aromatic heterocycles. The average molecular weight is 315 g/mol. The fourth-order valence-corrected chi connectivity index (χ4v) is 2.72. The molecule has 0 unspecified atom stereocenters. The minimum atomic E-state index is 0.0539. The van der Waals surface area contributed by atoms with Crippen LogP contribution in [0.25, 0.3) is 11.3 Å². The van der Waals surface area contributed by atoms with Gasteiger partial charge in [0.2, 0.25) is 5.91 Å². The Morgan fingerprint density at radius 2 is 1.87 bits per heavy atom. The second-order valence-electron chi connectivity index (χ2n) is 5.61. The van der Waals surface area contributed by atoms with Gasteiger partial charge >= 0.3 is 0 Å². The second-order valence-corrected chi connectivity index (χ2v) is 5.61. The van der Waals surface area contributed by atoms with Gasteiger partial charge in [0.1, 0.15) is 12.2 Å². The van der Waals surface area contributed by atoms with E-state index in [9.17, 15) is 4.79 Å². The van der Waals surface area contributed by atoms with E-state index in [1.807, 2.05) is 35.2 Å². The highest BCUT2D eigenvalue weighted by Gasteiger charge is 2.21.